The second kappa shape index (κ2) is 7.97. The first-order valence-corrected chi connectivity index (χ1v) is 7.18. The van der Waals surface area contributed by atoms with Crippen molar-refractivity contribution in [3.05, 3.63) is 35.1 Å². The zero-order valence-corrected chi connectivity index (χ0v) is 11.3. The number of oxime groups is 1. The van der Waals surface area contributed by atoms with Gasteiger partial charge in [-0.15, -0.1) is 0 Å². The minimum atomic E-state index is -0.304. The van der Waals surface area contributed by atoms with Gasteiger partial charge < -0.3 is 10.9 Å². The van der Waals surface area contributed by atoms with E-state index in [1.807, 2.05) is 0 Å². The van der Waals surface area contributed by atoms with E-state index in [-0.39, 0.29) is 11.7 Å². The first-order valence-electron chi connectivity index (χ1n) is 6.03. The Morgan fingerprint density at radius 3 is 2.83 bits per heavy atom. The van der Waals surface area contributed by atoms with Crippen LogP contribution >= 0.6 is 11.8 Å². The van der Waals surface area contributed by atoms with Crippen molar-refractivity contribution in [2.75, 3.05) is 5.75 Å². The molecule has 3 nitrogen and oxygen atoms in total. The minimum Gasteiger partial charge on any atom is -0.409 e. The van der Waals surface area contributed by atoms with Gasteiger partial charge in [0, 0.05) is 11.3 Å². The third kappa shape index (κ3) is 4.56. The van der Waals surface area contributed by atoms with E-state index in [4.69, 9.17) is 10.9 Å². The van der Waals surface area contributed by atoms with E-state index < -0.39 is 0 Å². The van der Waals surface area contributed by atoms with Crippen LogP contribution in [0.4, 0.5) is 4.39 Å². The van der Waals surface area contributed by atoms with Crippen molar-refractivity contribution in [2.24, 2.45) is 10.9 Å². The summed E-state index contributed by atoms with van der Waals surface area (Å²) in [4.78, 5) is 0. The largest absolute Gasteiger partial charge is 0.409 e. The molecule has 0 spiro atoms. The van der Waals surface area contributed by atoms with Gasteiger partial charge in [-0.25, -0.2) is 4.39 Å². The number of hydrogen-bond donors (Lipinski definition) is 2. The Bertz CT molecular complexity index is 410. The number of nitrogens with two attached hydrogens (primary N) is 1. The van der Waals surface area contributed by atoms with E-state index in [0.29, 0.717) is 16.9 Å². The van der Waals surface area contributed by atoms with E-state index >= 15 is 0 Å². The fraction of sp³-hybridized carbons (Fsp3) is 0.462. The average molecular weight is 270 g/mol. The molecule has 0 atom stereocenters. The number of halogens is 1. The maximum absolute atomic E-state index is 13.7. The van der Waals surface area contributed by atoms with Gasteiger partial charge in [-0.1, -0.05) is 37.1 Å². The van der Waals surface area contributed by atoms with Crippen molar-refractivity contribution in [2.45, 2.75) is 31.9 Å². The molecule has 0 saturated carbocycles. The lowest BCUT2D eigenvalue weighted by atomic mass is 10.1. The van der Waals surface area contributed by atoms with Gasteiger partial charge in [-0.05, 0) is 23.8 Å². The van der Waals surface area contributed by atoms with Gasteiger partial charge in [0.05, 0.1) is 0 Å². The lowest BCUT2D eigenvalue weighted by molar-refractivity contribution is 0.318. The molecule has 0 aliphatic carbocycles. The molecule has 0 amide bonds. The molecule has 3 N–H and O–H groups in total. The number of nitrogens with zero attached hydrogens (tertiary/aromatic N) is 1. The van der Waals surface area contributed by atoms with Crippen LogP contribution in [-0.4, -0.2) is 16.8 Å². The molecule has 0 heterocycles. The van der Waals surface area contributed by atoms with Gasteiger partial charge in [-0.2, -0.15) is 11.8 Å². The van der Waals surface area contributed by atoms with Gasteiger partial charge in [0.1, 0.15) is 5.82 Å². The van der Waals surface area contributed by atoms with Crippen LogP contribution in [0.15, 0.2) is 23.4 Å². The fourth-order valence-corrected chi connectivity index (χ4v) is 2.52. The summed E-state index contributed by atoms with van der Waals surface area (Å²) in [5, 5.41) is 11.4. The van der Waals surface area contributed by atoms with Crippen LogP contribution in [0.1, 0.15) is 37.3 Å². The van der Waals surface area contributed by atoms with Crippen LogP contribution in [0.25, 0.3) is 0 Å². The molecule has 1 aromatic rings. The highest BCUT2D eigenvalue weighted by atomic mass is 32.2. The van der Waals surface area contributed by atoms with Gasteiger partial charge >= 0.3 is 0 Å². The minimum absolute atomic E-state index is 0.0731. The highest BCUT2D eigenvalue weighted by Gasteiger charge is 2.06. The smallest absolute Gasteiger partial charge is 0.170 e. The summed E-state index contributed by atoms with van der Waals surface area (Å²) in [6.45, 7) is 2.16. The normalized spacial score (nSPS) is 11.8. The SMILES string of the molecule is CCCCCSCc1ccc(/C(N)=N/O)cc1F. The maximum Gasteiger partial charge on any atom is 0.170 e. The zero-order valence-electron chi connectivity index (χ0n) is 10.5. The number of unbranched alkanes of at least 4 members (excludes halogenated alkanes) is 2. The van der Waals surface area contributed by atoms with Crippen LogP contribution in [0.2, 0.25) is 0 Å². The zero-order chi connectivity index (χ0) is 13.4. The number of rotatable bonds is 7. The number of amidine groups is 1. The molecule has 0 unspecified atom stereocenters. The maximum atomic E-state index is 13.7. The molecule has 0 fully saturated rings. The predicted molar refractivity (Wildman–Crippen MR) is 74.6 cm³/mol. The van der Waals surface area contributed by atoms with Crippen LogP contribution < -0.4 is 5.73 Å². The molecular formula is C13H19FN2OS. The predicted octanol–water partition coefficient (Wildman–Crippen LogP) is 3.34. The lowest BCUT2D eigenvalue weighted by Crippen LogP contribution is -2.13. The van der Waals surface area contributed by atoms with Crippen molar-refractivity contribution in [3.63, 3.8) is 0 Å². The molecule has 100 valence electrons. The summed E-state index contributed by atoms with van der Waals surface area (Å²) >= 11 is 1.73. The first-order chi connectivity index (χ1) is 8.69. The van der Waals surface area contributed by atoms with E-state index in [9.17, 15) is 4.39 Å². The number of hydrogen-bond acceptors (Lipinski definition) is 3. The van der Waals surface area contributed by atoms with Gasteiger partial charge in [0.25, 0.3) is 0 Å². The molecule has 0 aromatic heterocycles. The highest BCUT2D eigenvalue weighted by Crippen LogP contribution is 2.18. The van der Waals surface area contributed by atoms with E-state index in [0.717, 1.165) is 5.75 Å². The fourth-order valence-electron chi connectivity index (χ4n) is 1.52. The monoisotopic (exact) mass is 270 g/mol. The molecular weight excluding hydrogens is 251 g/mol. The van der Waals surface area contributed by atoms with Crippen LogP contribution in [0, 0.1) is 5.82 Å². The second-order valence-electron chi connectivity index (χ2n) is 4.05. The summed E-state index contributed by atoms with van der Waals surface area (Å²) in [5.41, 5.74) is 6.45. The van der Waals surface area contributed by atoms with E-state index in [1.165, 1.54) is 25.3 Å². The third-order valence-corrected chi connectivity index (χ3v) is 3.70. The van der Waals surface area contributed by atoms with Gasteiger partial charge in [0.2, 0.25) is 0 Å². The molecule has 5 heteroatoms. The van der Waals surface area contributed by atoms with Crippen LogP contribution in [-0.2, 0) is 5.75 Å². The Morgan fingerprint density at radius 2 is 2.22 bits per heavy atom. The van der Waals surface area contributed by atoms with Gasteiger partial charge in [-0.3, -0.25) is 0 Å². The average Bonchev–Trinajstić information content (AvgIpc) is 2.39. The van der Waals surface area contributed by atoms with Crippen molar-refractivity contribution < 1.29 is 9.60 Å². The Hall–Kier alpha value is -1.23. The molecule has 0 bridgehead atoms. The molecule has 1 aromatic carbocycles. The van der Waals surface area contributed by atoms with Crippen molar-refractivity contribution >= 4 is 17.6 Å². The van der Waals surface area contributed by atoms with Crippen molar-refractivity contribution in [1.82, 2.24) is 0 Å². The molecule has 0 saturated heterocycles. The highest BCUT2D eigenvalue weighted by molar-refractivity contribution is 7.98. The Kier molecular flexibility index (Phi) is 6.57. The molecule has 0 aliphatic heterocycles. The third-order valence-electron chi connectivity index (χ3n) is 2.61. The Balaban J connectivity index is 2.52. The first kappa shape index (κ1) is 14.8. The number of thioether (sulfide) groups is 1. The van der Waals surface area contributed by atoms with Crippen LogP contribution in [0.5, 0.6) is 0 Å². The van der Waals surface area contributed by atoms with E-state index in [1.54, 1.807) is 23.9 Å². The molecule has 1 rings (SSSR count). The quantitative estimate of drug-likeness (QED) is 0.263. The topological polar surface area (TPSA) is 58.6 Å². The summed E-state index contributed by atoms with van der Waals surface area (Å²) in [5.74, 6) is 1.33. The van der Waals surface area contributed by atoms with Crippen LogP contribution in [0.3, 0.4) is 0 Å². The summed E-state index contributed by atoms with van der Waals surface area (Å²) < 4.78 is 13.7. The molecule has 18 heavy (non-hydrogen) atoms. The van der Waals surface area contributed by atoms with E-state index in [2.05, 4.69) is 12.1 Å². The molecule has 0 aliphatic rings. The molecule has 0 radical (unpaired) electrons. The summed E-state index contributed by atoms with van der Waals surface area (Å²) in [7, 11) is 0. The second-order valence-corrected chi connectivity index (χ2v) is 5.16. The van der Waals surface area contributed by atoms with Gasteiger partial charge in [0.15, 0.2) is 5.84 Å². The summed E-state index contributed by atoms with van der Waals surface area (Å²) in [6.07, 6.45) is 3.59. The van der Waals surface area contributed by atoms with Crippen molar-refractivity contribution in [3.8, 4) is 0 Å². The Morgan fingerprint density at radius 1 is 1.44 bits per heavy atom. The Labute approximate surface area is 111 Å². The summed E-state index contributed by atoms with van der Waals surface area (Å²) in [6, 6.07) is 4.66. The standard InChI is InChI=1S/C13H19FN2OS/c1-2-3-4-7-18-9-11-6-5-10(8-12(11)14)13(15)16-17/h5-6,8,17H,2-4,7,9H2,1H3,(H2,15,16). The lowest BCUT2D eigenvalue weighted by Gasteiger charge is -2.05. The van der Waals surface area contributed by atoms with Crippen molar-refractivity contribution in [1.29, 1.82) is 0 Å². The number of benzene rings is 1.